The third-order valence-electron chi connectivity index (χ3n) is 3.57. The minimum absolute atomic E-state index is 0.507. The number of pyridine rings is 1. The van der Waals surface area contributed by atoms with Gasteiger partial charge in [-0.05, 0) is 38.6 Å². The summed E-state index contributed by atoms with van der Waals surface area (Å²) in [5, 5.41) is 0. The van der Waals surface area contributed by atoms with Crippen LogP contribution in [0.5, 0.6) is 0 Å². The number of carbonyl (C=O) groups is 1. The monoisotopic (exact) mass is 247 g/mol. The van der Waals surface area contributed by atoms with Crippen LogP contribution in [-0.4, -0.2) is 48.9 Å². The maximum absolute atomic E-state index is 10.7. The van der Waals surface area contributed by atoms with Crippen molar-refractivity contribution in [2.75, 3.05) is 31.6 Å². The summed E-state index contributed by atoms with van der Waals surface area (Å²) in [5.74, 6) is 0.989. The molecule has 1 atom stereocenters. The zero-order chi connectivity index (χ0) is 13.0. The van der Waals surface area contributed by atoms with Crippen molar-refractivity contribution in [1.82, 2.24) is 9.88 Å². The van der Waals surface area contributed by atoms with E-state index in [-0.39, 0.29) is 0 Å². The van der Waals surface area contributed by atoms with E-state index in [1.165, 1.54) is 0 Å². The smallest absolute Gasteiger partial charge is 0.151 e. The standard InChI is InChI=1S/C14H21N3O/c1-3-13-10-16(2)7-4-8-17(13)14-6-5-12(11-18)9-15-14/h5-6,9,11,13H,3-4,7-8,10H2,1-2H3. The molecule has 1 saturated heterocycles. The summed E-state index contributed by atoms with van der Waals surface area (Å²) in [6, 6.07) is 4.31. The third kappa shape index (κ3) is 2.88. The Labute approximate surface area is 109 Å². The molecule has 1 aliphatic rings. The number of anilines is 1. The average molecular weight is 247 g/mol. The predicted molar refractivity (Wildman–Crippen MR) is 73.2 cm³/mol. The van der Waals surface area contributed by atoms with Gasteiger partial charge in [-0.1, -0.05) is 6.92 Å². The Morgan fingerprint density at radius 3 is 2.89 bits per heavy atom. The van der Waals surface area contributed by atoms with Crippen LogP contribution in [0.15, 0.2) is 18.3 Å². The molecule has 1 aromatic heterocycles. The summed E-state index contributed by atoms with van der Waals surface area (Å²) in [5.41, 5.74) is 0.638. The second-order valence-electron chi connectivity index (χ2n) is 4.94. The van der Waals surface area contributed by atoms with Crippen LogP contribution >= 0.6 is 0 Å². The molecule has 1 unspecified atom stereocenters. The summed E-state index contributed by atoms with van der Waals surface area (Å²) in [4.78, 5) is 19.8. The van der Waals surface area contributed by atoms with Crippen molar-refractivity contribution in [2.24, 2.45) is 0 Å². The van der Waals surface area contributed by atoms with E-state index < -0.39 is 0 Å². The lowest BCUT2D eigenvalue weighted by Crippen LogP contribution is -2.40. The molecule has 0 bridgehead atoms. The van der Waals surface area contributed by atoms with E-state index >= 15 is 0 Å². The average Bonchev–Trinajstić information content (AvgIpc) is 2.60. The summed E-state index contributed by atoms with van der Waals surface area (Å²) in [7, 11) is 2.18. The van der Waals surface area contributed by atoms with Gasteiger partial charge in [-0.2, -0.15) is 0 Å². The quantitative estimate of drug-likeness (QED) is 0.763. The van der Waals surface area contributed by atoms with Crippen molar-refractivity contribution in [1.29, 1.82) is 0 Å². The van der Waals surface area contributed by atoms with Crippen LogP contribution in [0.3, 0.4) is 0 Å². The van der Waals surface area contributed by atoms with Gasteiger partial charge in [0.25, 0.3) is 0 Å². The molecular weight excluding hydrogens is 226 g/mol. The second-order valence-corrected chi connectivity index (χ2v) is 4.94. The van der Waals surface area contributed by atoms with Crippen LogP contribution in [0.2, 0.25) is 0 Å². The summed E-state index contributed by atoms with van der Waals surface area (Å²) >= 11 is 0. The molecule has 1 aliphatic heterocycles. The number of hydrogen-bond donors (Lipinski definition) is 0. The fraction of sp³-hybridized carbons (Fsp3) is 0.571. The van der Waals surface area contributed by atoms with E-state index in [4.69, 9.17) is 0 Å². The van der Waals surface area contributed by atoms with Gasteiger partial charge in [0.05, 0.1) is 0 Å². The highest BCUT2D eigenvalue weighted by atomic mass is 16.1. The van der Waals surface area contributed by atoms with Crippen LogP contribution in [-0.2, 0) is 0 Å². The van der Waals surface area contributed by atoms with Crippen LogP contribution in [0.1, 0.15) is 30.1 Å². The van der Waals surface area contributed by atoms with Gasteiger partial charge in [0.1, 0.15) is 5.82 Å². The van der Waals surface area contributed by atoms with Crippen molar-refractivity contribution in [3.8, 4) is 0 Å². The molecule has 0 amide bonds. The fourth-order valence-electron chi connectivity index (χ4n) is 2.53. The van der Waals surface area contributed by atoms with Crippen molar-refractivity contribution in [3.05, 3.63) is 23.9 Å². The van der Waals surface area contributed by atoms with Crippen LogP contribution in [0, 0.1) is 0 Å². The number of carbonyl (C=O) groups excluding carboxylic acids is 1. The normalized spacial score (nSPS) is 21.7. The lowest BCUT2D eigenvalue weighted by molar-refractivity contribution is 0.112. The van der Waals surface area contributed by atoms with Gasteiger partial charge < -0.3 is 9.80 Å². The SMILES string of the molecule is CCC1CN(C)CCCN1c1ccc(C=O)cn1. The maximum Gasteiger partial charge on any atom is 0.151 e. The van der Waals surface area contributed by atoms with Crippen LogP contribution < -0.4 is 4.90 Å². The van der Waals surface area contributed by atoms with Crippen molar-refractivity contribution >= 4 is 12.1 Å². The largest absolute Gasteiger partial charge is 0.352 e. The Hall–Kier alpha value is -1.42. The summed E-state index contributed by atoms with van der Waals surface area (Å²) in [6.07, 6.45) is 4.76. The molecule has 0 spiro atoms. The Morgan fingerprint density at radius 2 is 2.28 bits per heavy atom. The molecule has 4 heteroatoms. The molecule has 1 aromatic rings. The maximum atomic E-state index is 10.7. The van der Waals surface area contributed by atoms with E-state index in [0.29, 0.717) is 11.6 Å². The fourth-order valence-corrected chi connectivity index (χ4v) is 2.53. The first kappa shape index (κ1) is 13.0. The number of aromatic nitrogens is 1. The second kappa shape index (κ2) is 5.96. The first-order chi connectivity index (χ1) is 8.74. The Kier molecular flexibility index (Phi) is 4.31. The van der Waals surface area contributed by atoms with Gasteiger partial charge in [0.15, 0.2) is 6.29 Å². The van der Waals surface area contributed by atoms with Gasteiger partial charge in [0.2, 0.25) is 0 Å². The van der Waals surface area contributed by atoms with Gasteiger partial charge in [-0.3, -0.25) is 4.79 Å². The van der Waals surface area contributed by atoms with E-state index in [1.54, 1.807) is 6.20 Å². The number of rotatable bonds is 3. The molecule has 0 aliphatic carbocycles. The number of likely N-dealkylation sites (N-methyl/N-ethyl adjacent to an activating group) is 1. The molecule has 0 saturated carbocycles. The lowest BCUT2D eigenvalue weighted by Gasteiger charge is -2.31. The molecule has 18 heavy (non-hydrogen) atoms. The molecule has 0 radical (unpaired) electrons. The Morgan fingerprint density at radius 1 is 1.44 bits per heavy atom. The van der Waals surface area contributed by atoms with Gasteiger partial charge >= 0.3 is 0 Å². The number of aldehydes is 1. The zero-order valence-corrected chi connectivity index (χ0v) is 11.2. The van der Waals surface area contributed by atoms with E-state index in [2.05, 4.69) is 28.8 Å². The summed E-state index contributed by atoms with van der Waals surface area (Å²) < 4.78 is 0. The molecular formula is C14H21N3O. The minimum Gasteiger partial charge on any atom is -0.352 e. The van der Waals surface area contributed by atoms with Crippen molar-refractivity contribution < 1.29 is 4.79 Å². The van der Waals surface area contributed by atoms with E-state index in [1.807, 2.05) is 12.1 Å². The molecule has 98 valence electrons. The predicted octanol–water partition coefficient (Wildman–Crippen LogP) is 1.81. The highest BCUT2D eigenvalue weighted by molar-refractivity contribution is 5.74. The highest BCUT2D eigenvalue weighted by Gasteiger charge is 2.22. The number of hydrogen-bond acceptors (Lipinski definition) is 4. The topological polar surface area (TPSA) is 36.4 Å². The first-order valence-corrected chi connectivity index (χ1v) is 6.61. The third-order valence-corrected chi connectivity index (χ3v) is 3.57. The lowest BCUT2D eigenvalue weighted by atomic mass is 10.2. The molecule has 0 N–H and O–H groups in total. The molecule has 1 fully saturated rings. The molecule has 4 nitrogen and oxygen atoms in total. The molecule has 2 heterocycles. The first-order valence-electron chi connectivity index (χ1n) is 6.61. The molecule has 0 aromatic carbocycles. The van der Waals surface area contributed by atoms with Gasteiger partial charge in [-0.15, -0.1) is 0 Å². The Balaban J connectivity index is 2.19. The Bertz CT molecular complexity index is 391. The van der Waals surface area contributed by atoms with Crippen molar-refractivity contribution in [2.45, 2.75) is 25.8 Å². The number of nitrogens with zero attached hydrogens (tertiary/aromatic N) is 3. The zero-order valence-electron chi connectivity index (χ0n) is 11.2. The van der Waals surface area contributed by atoms with Gasteiger partial charge in [0, 0.05) is 30.9 Å². The van der Waals surface area contributed by atoms with Crippen LogP contribution in [0.4, 0.5) is 5.82 Å². The summed E-state index contributed by atoms with van der Waals surface area (Å²) in [6.45, 7) is 5.47. The van der Waals surface area contributed by atoms with Crippen LogP contribution in [0.25, 0.3) is 0 Å². The van der Waals surface area contributed by atoms with E-state index in [9.17, 15) is 4.79 Å². The minimum atomic E-state index is 0.507. The van der Waals surface area contributed by atoms with Crippen molar-refractivity contribution in [3.63, 3.8) is 0 Å². The molecule has 2 rings (SSSR count). The van der Waals surface area contributed by atoms with Gasteiger partial charge in [-0.25, -0.2) is 4.98 Å². The highest BCUT2D eigenvalue weighted by Crippen LogP contribution is 2.19. The van der Waals surface area contributed by atoms with E-state index in [0.717, 1.165) is 44.6 Å².